The molecule has 1 aliphatic heterocycles. The van der Waals surface area contributed by atoms with Gasteiger partial charge in [-0.1, -0.05) is 0 Å². The summed E-state index contributed by atoms with van der Waals surface area (Å²) in [4.78, 5) is 0. The minimum absolute atomic E-state index is 0.430. The van der Waals surface area contributed by atoms with Gasteiger partial charge in [-0.05, 0) is 6.42 Å². The number of rotatable bonds is 2. The van der Waals surface area contributed by atoms with Gasteiger partial charge in [-0.3, -0.25) is 0 Å². The molecule has 1 saturated heterocycles. The van der Waals surface area contributed by atoms with Gasteiger partial charge in [-0.15, -0.1) is 0 Å². The van der Waals surface area contributed by atoms with E-state index in [1.165, 1.54) is 0 Å². The van der Waals surface area contributed by atoms with Gasteiger partial charge < -0.3 is 4.74 Å². The van der Waals surface area contributed by atoms with Crippen molar-refractivity contribution < 1.29 is 4.74 Å². The molecule has 0 bridgehead atoms. The van der Waals surface area contributed by atoms with Crippen LogP contribution in [-0.4, -0.2) is 12.7 Å². The Balaban J connectivity index is 1.91. The summed E-state index contributed by atoms with van der Waals surface area (Å²) in [5.74, 6) is 0. The van der Waals surface area contributed by atoms with Gasteiger partial charge in [0.15, 0.2) is 0 Å². The van der Waals surface area contributed by atoms with Crippen LogP contribution in [0.4, 0.5) is 0 Å². The van der Waals surface area contributed by atoms with Crippen LogP contribution in [0.1, 0.15) is 12.8 Å². The number of hydrogen-bond donors (Lipinski definition) is 0. The van der Waals surface area contributed by atoms with E-state index in [-0.39, 0.29) is 0 Å². The van der Waals surface area contributed by atoms with Gasteiger partial charge in [-0.25, -0.2) is 0 Å². The summed E-state index contributed by atoms with van der Waals surface area (Å²) in [7, 11) is 0. The molecule has 0 aromatic rings. The Morgan fingerprint density at radius 1 is 1.86 bits per heavy atom. The summed E-state index contributed by atoms with van der Waals surface area (Å²) in [6.07, 6.45) is 2.00. The Morgan fingerprint density at radius 3 is 3.00 bits per heavy atom. The Morgan fingerprint density at radius 2 is 2.57 bits per heavy atom. The van der Waals surface area contributed by atoms with Gasteiger partial charge in [0.25, 0.3) is 0 Å². The molecular weight excluding hydrogens is 90.1 g/mol. The lowest BCUT2D eigenvalue weighted by Crippen LogP contribution is -1.80. The molecule has 0 aromatic carbocycles. The van der Waals surface area contributed by atoms with Gasteiger partial charge in [0.2, 0.25) is 0 Å². The van der Waals surface area contributed by atoms with E-state index in [0.29, 0.717) is 12.5 Å². The number of nitriles is 1. The van der Waals surface area contributed by atoms with E-state index in [2.05, 4.69) is 6.07 Å². The van der Waals surface area contributed by atoms with Crippen LogP contribution < -0.4 is 0 Å². The molecule has 1 heterocycles. The zero-order valence-corrected chi connectivity index (χ0v) is 4.05. The van der Waals surface area contributed by atoms with Gasteiger partial charge in [0.05, 0.1) is 18.8 Å². The van der Waals surface area contributed by atoms with Crippen LogP contribution in [-0.2, 0) is 4.74 Å². The summed E-state index contributed by atoms with van der Waals surface area (Å²) in [6, 6.07) is 2.06. The van der Waals surface area contributed by atoms with Crippen molar-refractivity contribution >= 4 is 0 Å². The normalized spacial score (nSPS) is 26.4. The molecule has 1 aliphatic rings. The molecule has 0 spiro atoms. The van der Waals surface area contributed by atoms with Crippen LogP contribution in [0.3, 0.4) is 0 Å². The SMILES string of the molecule is N#CCC[C@H]1CO1. The van der Waals surface area contributed by atoms with Crippen molar-refractivity contribution in [1.82, 2.24) is 0 Å². The van der Waals surface area contributed by atoms with Crippen LogP contribution in [0.5, 0.6) is 0 Å². The lowest BCUT2D eigenvalue weighted by Gasteiger charge is -1.78. The highest BCUT2D eigenvalue weighted by Crippen LogP contribution is 2.14. The van der Waals surface area contributed by atoms with Crippen molar-refractivity contribution in [2.45, 2.75) is 18.9 Å². The van der Waals surface area contributed by atoms with Crippen molar-refractivity contribution in [1.29, 1.82) is 5.26 Å². The lowest BCUT2D eigenvalue weighted by molar-refractivity contribution is 0.398. The van der Waals surface area contributed by atoms with E-state index in [4.69, 9.17) is 10.00 Å². The maximum atomic E-state index is 8.04. The molecule has 7 heavy (non-hydrogen) atoms. The Hall–Kier alpha value is -0.550. The molecule has 0 amide bonds. The van der Waals surface area contributed by atoms with Gasteiger partial charge >= 0.3 is 0 Å². The molecule has 1 fully saturated rings. The van der Waals surface area contributed by atoms with E-state index in [0.717, 1.165) is 13.0 Å². The Kier molecular flexibility index (Phi) is 1.28. The predicted molar refractivity (Wildman–Crippen MR) is 24.6 cm³/mol. The summed E-state index contributed by atoms with van der Waals surface area (Å²) in [5.41, 5.74) is 0. The Bertz CT molecular complexity index is 90.7. The first-order valence-electron chi connectivity index (χ1n) is 2.42. The smallest absolute Gasteiger partial charge is 0.0819 e. The first-order chi connectivity index (χ1) is 3.43. The van der Waals surface area contributed by atoms with Gasteiger partial charge in [0, 0.05) is 6.42 Å². The van der Waals surface area contributed by atoms with E-state index in [1.807, 2.05) is 0 Å². The first kappa shape index (κ1) is 4.61. The molecule has 38 valence electrons. The van der Waals surface area contributed by atoms with Gasteiger partial charge in [-0.2, -0.15) is 5.26 Å². The van der Waals surface area contributed by atoms with Crippen molar-refractivity contribution in [3.05, 3.63) is 0 Å². The second-order valence-electron chi connectivity index (χ2n) is 1.65. The van der Waals surface area contributed by atoms with E-state index in [1.54, 1.807) is 0 Å². The second kappa shape index (κ2) is 1.94. The van der Waals surface area contributed by atoms with Crippen molar-refractivity contribution in [3.63, 3.8) is 0 Å². The fraction of sp³-hybridized carbons (Fsp3) is 0.800. The third-order valence-corrected chi connectivity index (χ3v) is 0.980. The van der Waals surface area contributed by atoms with Crippen molar-refractivity contribution in [2.75, 3.05) is 6.61 Å². The summed E-state index contributed by atoms with van der Waals surface area (Å²) >= 11 is 0. The third-order valence-electron chi connectivity index (χ3n) is 0.980. The highest BCUT2D eigenvalue weighted by atomic mass is 16.6. The molecular formula is C5H7NO. The first-order valence-corrected chi connectivity index (χ1v) is 2.42. The molecule has 2 nitrogen and oxygen atoms in total. The molecule has 0 unspecified atom stereocenters. The average molecular weight is 97.1 g/mol. The Labute approximate surface area is 42.7 Å². The number of ether oxygens (including phenoxy) is 1. The lowest BCUT2D eigenvalue weighted by atomic mass is 10.3. The fourth-order valence-electron chi connectivity index (χ4n) is 0.460. The van der Waals surface area contributed by atoms with Crippen LogP contribution in [0, 0.1) is 11.3 Å². The number of hydrogen-bond acceptors (Lipinski definition) is 2. The summed E-state index contributed by atoms with van der Waals surface area (Å²) in [6.45, 7) is 0.877. The number of epoxide rings is 1. The maximum Gasteiger partial charge on any atom is 0.0819 e. The van der Waals surface area contributed by atoms with Crippen LogP contribution in [0.25, 0.3) is 0 Å². The number of nitrogens with zero attached hydrogens (tertiary/aromatic N) is 1. The van der Waals surface area contributed by atoms with Gasteiger partial charge in [0.1, 0.15) is 0 Å². The van der Waals surface area contributed by atoms with Crippen LogP contribution >= 0.6 is 0 Å². The molecule has 1 rings (SSSR count). The minimum Gasteiger partial charge on any atom is -0.373 e. The van der Waals surface area contributed by atoms with Crippen LogP contribution in [0.2, 0.25) is 0 Å². The molecule has 0 radical (unpaired) electrons. The largest absolute Gasteiger partial charge is 0.373 e. The van der Waals surface area contributed by atoms with E-state index in [9.17, 15) is 0 Å². The molecule has 0 aromatic heterocycles. The highest BCUT2D eigenvalue weighted by Gasteiger charge is 2.20. The topological polar surface area (TPSA) is 36.3 Å². The molecule has 0 aliphatic carbocycles. The second-order valence-corrected chi connectivity index (χ2v) is 1.65. The van der Waals surface area contributed by atoms with Crippen molar-refractivity contribution in [2.24, 2.45) is 0 Å². The minimum atomic E-state index is 0.430. The van der Waals surface area contributed by atoms with Crippen molar-refractivity contribution in [3.8, 4) is 6.07 Å². The fourth-order valence-corrected chi connectivity index (χ4v) is 0.460. The third kappa shape index (κ3) is 1.56. The molecule has 0 N–H and O–H groups in total. The average Bonchev–Trinajstić information content (AvgIpc) is 2.42. The van der Waals surface area contributed by atoms with E-state index >= 15 is 0 Å². The highest BCUT2D eigenvalue weighted by molar-refractivity contribution is 4.77. The maximum absolute atomic E-state index is 8.04. The molecule has 2 heteroatoms. The zero-order valence-electron chi connectivity index (χ0n) is 4.05. The molecule has 1 atom stereocenters. The summed E-state index contributed by atoms with van der Waals surface area (Å²) < 4.78 is 4.86. The molecule has 0 saturated carbocycles. The standard InChI is InChI=1S/C5H7NO/c6-3-1-2-5-4-7-5/h5H,1-2,4H2/t5-/m0/s1. The quantitative estimate of drug-likeness (QED) is 0.475. The summed E-state index contributed by atoms with van der Waals surface area (Å²) in [5, 5.41) is 8.04. The predicted octanol–water partition coefficient (Wildman–Crippen LogP) is 0.689. The van der Waals surface area contributed by atoms with E-state index < -0.39 is 0 Å². The monoisotopic (exact) mass is 97.1 g/mol. The zero-order chi connectivity index (χ0) is 5.11. The van der Waals surface area contributed by atoms with Crippen LogP contribution in [0.15, 0.2) is 0 Å².